The Bertz CT molecular complexity index is 748. The number of nitrogens with one attached hydrogen (secondary N) is 2. The highest BCUT2D eigenvalue weighted by Crippen LogP contribution is 2.17. The van der Waals surface area contributed by atoms with Crippen LogP contribution < -0.4 is 15.4 Å². The van der Waals surface area contributed by atoms with E-state index in [2.05, 4.69) is 24.5 Å². The van der Waals surface area contributed by atoms with Gasteiger partial charge in [0.2, 0.25) is 5.91 Å². The molecule has 0 radical (unpaired) electrons. The van der Waals surface area contributed by atoms with Gasteiger partial charge >= 0.3 is 12.0 Å². The molecule has 0 spiro atoms. The first kappa shape index (κ1) is 29.2. The Morgan fingerprint density at radius 1 is 1.03 bits per heavy atom. The van der Waals surface area contributed by atoms with Crippen molar-refractivity contribution in [2.45, 2.75) is 77.9 Å². The van der Waals surface area contributed by atoms with Crippen molar-refractivity contribution in [1.82, 2.24) is 10.2 Å². The zero-order valence-electron chi connectivity index (χ0n) is 21.0. The van der Waals surface area contributed by atoms with Gasteiger partial charge in [-0.3, -0.25) is 4.79 Å². The first-order chi connectivity index (χ1) is 16.4. The van der Waals surface area contributed by atoms with Crippen LogP contribution >= 0.6 is 0 Å². The number of ether oxygens (including phenoxy) is 2. The third kappa shape index (κ3) is 10.9. The molecule has 0 aliphatic carbocycles. The van der Waals surface area contributed by atoms with Gasteiger partial charge in [0.15, 0.2) is 6.10 Å². The van der Waals surface area contributed by atoms with E-state index in [0.717, 1.165) is 38.5 Å². The van der Waals surface area contributed by atoms with E-state index in [9.17, 15) is 19.5 Å². The van der Waals surface area contributed by atoms with Crippen LogP contribution in [0.1, 0.15) is 65.7 Å². The van der Waals surface area contributed by atoms with Gasteiger partial charge in [-0.2, -0.15) is 0 Å². The third-order valence-electron chi connectivity index (χ3n) is 5.40. The highest BCUT2D eigenvalue weighted by atomic mass is 16.5. The number of hydrogen-bond acceptors (Lipinski definition) is 5. The summed E-state index contributed by atoms with van der Waals surface area (Å²) in [6.45, 7) is 7.20. The van der Waals surface area contributed by atoms with Gasteiger partial charge in [0.1, 0.15) is 11.8 Å². The highest BCUT2D eigenvalue weighted by Gasteiger charge is 2.31. The third-order valence-corrected chi connectivity index (χ3v) is 5.40. The zero-order chi connectivity index (χ0) is 25.3. The molecule has 2 atom stereocenters. The number of unbranched alkanes of at least 4 members (excludes halogenated alkanes) is 4. The Labute approximate surface area is 203 Å². The molecule has 0 bridgehead atoms. The Kier molecular flexibility index (Phi) is 14.4. The Balaban J connectivity index is 3.05. The van der Waals surface area contributed by atoms with E-state index in [4.69, 9.17) is 9.47 Å². The minimum Gasteiger partial charge on any atom is -0.497 e. The lowest BCUT2D eigenvalue weighted by Crippen LogP contribution is -2.52. The van der Waals surface area contributed by atoms with E-state index < -0.39 is 24.1 Å². The Morgan fingerprint density at radius 3 is 2.21 bits per heavy atom. The van der Waals surface area contributed by atoms with E-state index in [1.165, 1.54) is 7.11 Å². The smallest absolute Gasteiger partial charge is 0.332 e. The second-order valence-electron chi connectivity index (χ2n) is 8.14. The van der Waals surface area contributed by atoms with E-state index in [1.807, 2.05) is 0 Å². The van der Waals surface area contributed by atoms with Gasteiger partial charge in [-0.05, 0) is 31.9 Å². The van der Waals surface area contributed by atoms with Crippen LogP contribution in [0, 0.1) is 0 Å². The van der Waals surface area contributed by atoms with Crippen LogP contribution in [0.2, 0.25) is 0 Å². The predicted molar refractivity (Wildman–Crippen MR) is 132 cm³/mol. The monoisotopic (exact) mass is 479 g/mol. The fourth-order valence-electron chi connectivity index (χ4n) is 3.56. The van der Waals surface area contributed by atoms with Crippen LogP contribution in [0.3, 0.4) is 0 Å². The van der Waals surface area contributed by atoms with Crippen LogP contribution in [-0.2, 0) is 14.3 Å². The summed E-state index contributed by atoms with van der Waals surface area (Å²) in [7, 11) is 1.53. The number of amides is 3. The number of nitrogens with zero attached hydrogens (tertiary/aromatic N) is 1. The molecule has 0 saturated heterocycles. The van der Waals surface area contributed by atoms with Gasteiger partial charge in [0.05, 0.1) is 7.11 Å². The number of methoxy groups -OCH3 is 1. The maximum absolute atomic E-state index is 13.5. The zero-order valence-corrected chi connectivity index (χ0v) is 21.0. The number of benzene rings is 1. The topological polar surface area (TPSA) is 117 Å². The SMILES string of the molecule is CCCCCN(CCCCC)C(=O)C(CC(OCC)C(=O)O)NC(=O)Nc1cccc(OC)c1. The van der Waals surface area contributed by atoms with Crippen molar-refractivity contribution in [3.63, 3.8) is 0 Å². The number of carbonyl (C=O) groups is 3. The molecule has 9 heteroatoms. The molecule has 0 aromatic heterocycles. The Morgan fingerprint density at radius 2 is 1.68 bits per heavy atom. The van der Waals surface area contributed by atoms with Gasteiger partial charge in [0.25, 0.3) is 0 Å². The molecule has 1 aromatic rings. The van der Waals surface area contributed by atoms with Crippen LogP contribution in [0.25, 0.3) is 0 Å². The summed E-state index contributed by atoms with van der Waals surface area (Å²) in [5.74, 6) is -0.886. The van der Waals surface area contributed by atoms with E-state index >= 15 is 0 Å². The van der Waals surface area contributed by atoms with Gasteiger partial charge in [-0.1, -0.05) is 45.6 Å². The average Bonchev–Trinajstić information content (AvgIpc) is 2.82. The van der Waals surface area contributed by atoms with Crippen molar-refractivity contribution >= 4 is 23.6 Å². The normalized spacial score (nSPS) is 12.5. The molecule has 0 heterocycles. The van der Waals surface area contributed by atoms with Crippen molar-refractivity contribution in [2.75, 3.05) is 32.1 Å². The van der Waals surface area contributed by atoms with Crippen molar-refractivity contribution in [3.8, 4) is 5.75 Å². The van der Waals surface area contributed by atoms with Gasteiger partial charge < -0.3 is 30.1 Å². The highest BCUT2D eigenvalue weighted by molar-refractivity contribution is 5.94. The largest absolute Gasteiger partial charge is 0.497 e. The predicted octanol–water partition coefficient (Wildman–Crippen LogP) is 4.27. The molecule has 34 heavy (non-hydrogen) atoms. The molecule has 192 valence electrons. The number of urea groups is 1. The maximum Gasteiger partial charge on any atom is 0.332 e. The van der Waals surface area contributed by atoms with E-state index in [0.29, 0.717) is 24.5 Å². The number of rotatable bonds is 17. The van der Waals surface area contributed by atoms with Crippen LogP contribution in [0.4, 0.5) is 10.5 Å². The lowest BCUT2D eigenvalue weighted by molar-refractivity contribution is -0.151. The molecule has 1 rings (SSSR count). The number of carboxylic acid groups (broad SMARTS) is 1. The van der Waals surface area contributed by atoms with Crippen molar-refractivity contribution in [1.29, 1.82) is 0 Å². The second kappa shape index (κ2) is 16.7. The fourth-order valence-corrected chi connectivity index (χ4v) is 3.56. The molecule has 0 fully saturated rings. The molecule has 0 aliphatic rings. The molecule has 0 saturated carbocycles. The van der Waals surface area contributed by atoms with Gasteiger partial charge in [-0.25, -0.2) is 9.59 Å². The molecular formula is C25H41N3O6. The first-order valence-electron chi connectivity index (χ1n) is 12.2. The van der Waals surface area contributed by atoms with Crippen molar-refractivity contribution in [3.05, 3.63) is 24.3 Å². The molecule has 3 N–H and O–H groups in total. The summed E-state index contributed by atoms with van der Waals surface area (Å²) >= 11 is 0. The quantitative estimate of drug-likeness (QED) is 0.287. The van der Waals surface area contributed by atoms with Crippen LogP contribution in [-0.4, -0.2) is 66.9 Å². The van der Waals surface area contributed by atoms with E-state index in [-0.39, 0.29) is 18.9 Å². The van der Waals surface area contributed by atoms with E-state index in [1.54, 1.807) is 36.1 Å². The number of anilines is 1. The minimum atomic E-state index is -1.20. The summed E-state index contributed by atoms with van der Waals surface area (Å²) < 4.78 is 10.5. The fraction of sp³-hybridized carbons (Fsp3) is 0.640. The minimum absolute atomic E-state index is 0.161. The molecule has 3 amide bonds. The molecule has 1 aromatic carbocycles. The molecule has 0 aliphatic heterocycles. The average molecular weight is 480 g/mol. The molecule has 2 unspecified atom stereocenters. The standard InChI is InChI=1S/C25H41N3O6/c1-5-8-10-15-28(16-11-9-6-2)23(29)21(18-22(24(30)31)34-7-3)27-25(32)26-19-13-12-14-20(17-19)33-4/h12-14,17,21-22H,5-11,15-16,18H2,1-4H3,(H,30,31)(H2,26,27,32). The lowest BCUT2D eigenvalue weighted by Gasteiger charge is -2.29. The van der Waals surface area contributed by atoms with Crippen LogP contribution in [0.15, 0.2) is 24.3 Å². The summed E-state index contributed by atoms with van der Waals surface area (Å²) in [6.07, 6.45) is 4.36. The van der Waals surface area contributed by atoms with Gasteiger partial charge in [0, 0.05) is 37.9 Å². The summed E-state index contributed by atoms with van der Waals surface area (Å²) in [6, 6.07) is 5.19. The number of hydrogen-bond donors (Lipinski definition) is 3. The molecule has 9 nitrogen and oxygen atoms in total. The van der Waals surface area contributed by atoms with Gasteiger partial charge in [-0.15, -0.1) is 0 Å². The second-order valence-corrected chi connectivity index (χ2v) is 8.14. The molecular weight excluding hydrogens is 438 g/mol. The number of carbonyl (C=O) groups excluding carboxylic acids is 2. The lowest BCUT2D eigenvalue weighted by atomic mass is 10.1. The summed E-state index contributed by atoms with van der Waals surface area (Å²) in [5, 5.41) is 14.9. The van der Waals surface area contributed by atoms with Crippen LogP contribution in [0.5, 0.6) is 5.75 Å². The maximum atomic E-state index is 13.5. The van der Waals surface area contributed by atoms with Crippen molar-refractivity contribution < 1.29 is 29.0 Å². The number of carboxylic acids is 1. The number of aliphatic carboxylic acids is 1. The summed E-state index contributed by atoms with van der Waals surface area (Å²) in [4.78, 5) is 39.7. The Hall–Kier alpha value is -2.81. The van der Waals surface area contributed by atoms with Crippen molar-refractivity contribution in [2.24, 2.45) is 0 Å². The first-order valence-corrected chi connectivity index (χ1v) is 12.2. The summed E-state index contributed by atoms with van der Waals surface area (Å²) in [5.41, 5.74) is 0.491.